The van der Waals surface area contributed by atoms with E-state index in [1.807, 2.05) is 0 Å². The molecule has 1 aromatic carbocycles. The first-order chi connectivity index (χ1) is 6.70. The van der Waals surface area contributed by atoms with Gasteiger partial charge in [0.1, 0.15) is 0 Å². The van der Waals surface area contributed by atoms with Crippen LogP contribution in [0.2, 0.25) is 0 Å². The molecule has 2 nitrogen and oxygen atoms in total. The van der Waals surface area contributed by atoms with Gasteiger partial charge < -0.3 is 10.2 Å². The second kappa shape index (κ2) is 4.51. The lowest BCUT2D eigenvalue weighted by Gasteiger charge is -2.07. The van der Waals surface area contributed by atoms with E-state index in [1.54, 1.807) is 24.3 Å². The molecule has 0 saturated carbocycles. The molecule has 0 bridgehead atoms. The highest BCUT2D eigenvalue weighted by atomic mass is 16.3. The quantitative estimate of drug-likeness (QED) is 0.566. The third-order valence-electron chi connectivity index (χ3n) is 2.05. The molecule has 0 radical (unpaired) electrons. The van der Waals surface area contributed by atoms with E-state index in [9.17, 15) is 10.2 Å². The van der Waals surface area contributed by atoms with Gasteiger partial charge in [-0.1, -0.05) is 24.3 Å². The number of benzene rings is 1. The molecule has 14 heavy (non-hydrogen) atoms. The summed E-state index contributed by atoms with van der Waals surface area (Å²) >= 11 is 0. The first-order valence-corrected chi connectivity index (χ1v) is 4.45. The largest absolute Gasteiger partial charge is 0.504 e. The molecular weight excluding hydrogens is 176 g/mol. The zero-order valence-corrected chi connectivity index (χ0v) is 8.03. The van der Waals surface area contributed by atoms with Gasteiger partial charge >= 0.3 is 0 Å². The summed E-state index contributed by atoms with van der Waals surface area (Å²) in [5, 5.41) is 19.2. The van der Waals surface area contributed by atoms with Gasteiger partial charge in [0, 0.05) is 11.1 Å². The molecule has 0 unspecified atom stereocenters. The summed E-state index contributed by atoms with van der Waals surface area (Å²) in [6, 6.07) is 3.57. The second-order valence-corrected chi connectivity index (χ2v) is 3.07. The molecule has 1 rings (SSSR count). The molecular formula is C12H14O2. The SMILES string of the molecule is C=CCc1ccc(CC=C)c(O)c1O. The van der Waals surface area contributed by atoms with E-state index in [0.717, 1.165) is 0 Å². The van der Waals surface area contributed by atoms with Crippen molar-refractivity contribution in [3.05, 3.63) is 48.6 Å². The molecule has 2 heteroatoms. The van der Waals surface area contributed by atoms with Crippen LogP contribution in [0.3, 0.4) is 0 Å². The van der Waals surface area contributed by atoms with E-state index in [2.05, 4.69) is 13.2 Å². The highest BCUT2D eigenvalue weighted by Crippen LogP contribution is 2.33. The fraction of sp³-hybridized carbons (Fsp3) is 0.167. The zero-order chi connectivity index (χ0) is 10.6. The number of hydrogen-bond acceptors (Lipinski definition) is 2. The maximum absolute atomic E-state index is 9.60. The van der Waals surface area contributed by atoms with Crippen molar-refractivity contribution in [3.63, 3.8) is 0 Å². The van der Waals surface area contributed by atoms with Crippen LogP contribution in [-0.2, 0) is 12.8 Å². The maximum Gasteiger partial charge on any atom is 0.161 e. The Kier molecular flexibility index (Phi) is 3.35. The fourth-order valence-electron chi connectivity index (χ4n) is 1.30. The average molecular weight is 190 g/mol. The first kappa shape index (κ1) is 10.4. The highest BCUT2D eigenvalue weighted by Gasteiger charge is 2.09. The van der Waals surface area contributed by atoms with Gasteiger partial charge in [-0.3, -0.25) is 0 Å². The van der Waals surface area contributed by atoms with Gasteiger partial charge in [-0.05, 0) is 12.8 Å². The van der Waals surface area contributed by atoms with E-state index in [0.29, 0.717) is 24.0 Å². The van der Waals surface area contributed by atoms with Gasteiger partial charge in [-0.25, -0.2) is 0 Å². The minimum atomic E-state index is -0.0516. The lowest BCUT2D eigenvalue weighted by Crippen LogP contribution is -1.88. The van der Waals surface area contributed by atoms with Crippen LogP contribution in [0.25, 0.3) is 0 Å². The fourth-order valence-corrected chi connectivity index (χ4v) is 1.30. The van der Waals surface area contributed by atoms with Gasteiger partial charge in [0.05, 0.1) is 0 Å². The van der Waals surface area contributed by atoms with Crippen molar-refractivity contribution in [1.29, 1.82) is 0 Å². The van der Waals surface area contributed by atoms with Gasteiger partial charge in [-0.15, -0.1) is 13.2 Å². The molecule has 0 atom stereocenters. The number of aromatic hydroxyl groups is 2. The van der Waals surface area contributed by atoms with Crippen LogP contribution in [0.15, 0.2) is 37.4 Å². The van der Waals surface area contributed by atoms with Crippen LogP contribution in [0, 0.1) is 0 Å². The summed E-state index contributed by atoms with van der Waals surface area (Å²) in [7, 11) is 0. The van der Waals surface area contributed by atoms with Crippen molar-refractivity contribution in [2.45, 2.75) is 12.8 Å². The molecule has 0 amide bonds. The van der Waals surface area contributed by atoms with Crippen LogP contribution in [-0.4, -0.2) is 10.2 Å². The molecule has 74 valence electrons. The summed E-state index contributed by atoms with van der Waals surface area (Å²) in [5.74, 6) is -0.103. The van der Waals surface area contributed by atoms with Crippen LogP contribution in [0.4, 0.5) is 0 Å². The number of phenolic OH excluding ortho intramolecular Hbond substituents is 2. The molecule has 0 aliphatic carbocycles. The number of rotatable bonds is 4. The normalized spacial score (nSPS) is 9.71. The zero-order valence-electron chi connectivity index (χ0n) is 8.03. The molecule has 0 saturated heterocycles. The summed E-state index contributed by atoms with van der Waals surface area (Å²) in [6.45, 7) is 7.15. The van der Waals surface area contributed by atoms with Gasteiger partial charge in [0.15, 0.2) is 11.5 Å². The Morgan fingerprint density at radius 3 is 1.57 bits per heavy atom. The van der Waals surface area contributed by atoms with Crippen molar-refractivity contribution in [2.75, 3.05) is 0 Å². The first-order valence-electron chi connectivity index (χ1n) is 4.45. The Hall–Kier alpha value is -1.70. The van der Waals surface area contributed by atoms with E-state index in [-0.39, 0.29) is 11.5 Å². The highest BCUT2D eigenvalue weighted by molar-refractivity contribution is 5.51. The molecule has 0 heterocycles. The monoisotopic (exact) mass is 190 g/mol. The third-order valence-corrected chi connectivity index (χ3v) is 2.05. The average Bonchev–Trinajstić information content (AvgIpc) is 2.18. The van der Waals surface area contributed by atoms with Crippen LogP contribution in [0.1, 0.15) is 11.1 Å². The van der Waals surface area contributed by atoms with E-state index in [1.165, 1.54) is 0 Å². The van der Waals surface area contributed by atoms with Crippen molar-refractivity contribution in [2.24, 2.45) is 0 Å². The summed E-state index contributed by atoms with van der Waals surface area (Å²) in [4.78, 5) is 0. The Balaban J connectivity index is 3.11. The van der Waals surface area contributed by atoms with Crippen LogP contribution in [0.5, 0.6) is 11.5 Å². The standard InChI is InChI=1S/C12H14O2/c1-3-5-9-7-8-10(6-4-2)12(14)11(9)13/h3-4,7-8,13-14H,1-2,5-6H2. The number of hydrogen-bond donors (Lipinski definition) is 2. The maximum atomic E-state index is 9.60. The molecule has 0 aliphatic rings. The third kappa shape index (κ3) is 1.96. The second-order valence-electron chi connectivity index (χ2n) is 3.07. The molecule has 0 spiro atoms. The van der Waals surface area contributed by atoms with E-state index in [4.69, 9.17) is 0 Å². The van der Waals surface area contributed by atoms with Gasteiger partial charge in [-0.2, -0.15) is 0 Å². The summed E-state index contributed by atoms with van der Waals surface area (Å²) < 4.78 is 0. The minimum absolute atomic E-state index is 0.0516. The molecule has 0 aliphatic heterocycles. The predicted molar refractivity (Wildman–Crippen MR) is 57.6 cm³/mol. The van der Waals surface area contributed by atoms with Crippen molar-refractivity contribution >= 4 is 0 Å². The predicted octanol–water partition coefficient (Wildman–Crippen LogP) is 2.55. The topological polar surface area (TPSA) is 40.5 Å². The van der Waals surface area contributed by atoms with E-state index >= 15 is 0 Å². The van der Waals surface area contributed by atoms with Crippen molar-refractivity contribution < 1.29 is 10.2 Å². The summed E-state index contributed by atoms with van der Waals surface area (Å²) in [5.41, 5.74) is 1.37. The molecule has 0 aromatic heterocycles. The van der Waals surface area contributed by atoms with E-state index < -0.39 is 0 Å². The Morgan fingerprint density at radius 1 is 0.929 bits per heavy atom. The van der Waals surface area contributed by atoms with Crippen LogP contribution < -0.4 is 0 Å². The Morgan fingerprint density at radius 2 is 1.29 bits per heavy atom. The Labute approximate surface area is 83.8 Å². The Bertz CT molecular complexity index is 319. The minimum Gasteiger partial charge on any atom is -0.504 e. The van der Waals surface area contributed by atoms with Gasteiger partial charge in [0.25, 0.3) is 0 Å². The smallest absolute Gasteiger partial charge is 0.161 e. The molecule has 0 fully saturated rings. The van der Waals surface area contributed by atoms with Gasteiger partial charge in [0.2, 0.25) is 0 Å². The lowest BCUT2D eigenvalue weighted by atomic mass is 10.0. The molecule has 1 aromatic rings. The number of phenols is 2. The van der Waals surface area contributed by atoms with Crippen LogP contribution >= 0.6 is 0 Å². The lowest BCUT2D eigenvalue weighted by molar-refractivity contribution is 0.397. The van der Waals surface area contributed by atoms with Crippen molar-refractivity contribution in [3.8, 4) is 11.5 Å². The summed E-state index contributed by atoms with van der Waals surface area (Å²) in [6.07, 6.45) is 4.46. The van der Waals surface area contributed by atoms with Crippen molar-refractivity contribution in [1.82, 2.24) is 0 Å². The number of allylic oxidation sites excluding steroid dienone is 2. The molecule has 2 N–H and O–H groups in total.